The topological polar surface area (TPSA) is 93.8 Å². The highest BCUT2D eigenvalue weighted by molar-refractivity contribution is 5.77. The molecule has 3 aromatic rings. The fourth-order valence-corrected chi connectivity index (χ4v) is 3.76. The van der Waals surface area contributed by atoms with Gasteiger partial charge in [0.1, 0.15) is 11.6 Å². The summed E-state index contributed by atoms with van der Waals surface area (Å²) >= 11 is 0. The van der Waals surface area contributed by atoms with Crippen molar-refractivity contribution in [2.45, 2.75) is 31.1 Å². The average molecular weight is 391 g/mol. The van der Waals surface area contributed by atoms with Crippen molar-refractivity contribution in [2.75, 3.05) is 11.9 Å². The Hall–Kier alpha value is -3.35. The molecule has 0 aliphatic heterocycles. The number of hydrogen-bond donors (Lipinski definition) is 2. The number of amides is 1. The second kappa shape index (κ2) is 7.95. The second-order valence-electron chi connectivity index (χ2n) is 7.47. The number of hydrogen-bond acceptors (Lipinski definition) is 5. The lowest BCUT2D eigenvalue weighted by atomic mass is 9.66. The number of halogens is 1. The number of rotatable bonds is 7. The smallest absolute Gasteiger partial charge is 0.221 e. The van der Waals surface area contributed by atoms with Crippen molar-refractivity contribution in [2.24, 2.45) is 5.73 Å². The van der Waals surface area contributed by atoms with E-state index in [9.17, 15) is 9.18 Å². The molecule has 7 heteroatoms. The third-order valence-corrected chi connectivity index (χ3v) is 5.45. The first kappa shape index (κ1) is 19.0. The summed E-state index contributed by atoms with van der Waals surface area (Å²) in [5.41, 5.74) is 7.90. The SMILES string of the molecule is NC(=O)Cc1cccc(-c2ccc(NCC3(c4ncccc4F)CCC3)nn2)c1. The van der Waals surface area contributed by atoms with Crippen LogP contribution in [0.2, 0.25) is 0 Å². The summed E-state index contributed by atoms with van der Waals surface area (Å²) in [6.45, 7) is 0.559. The van der Waals surface area contributed by atoms with Gasteiger partial charge in [0.25, 0.3) is 0 Å². The number of carbonyl (C=O) groups excluding carboxylic acids is 1. The predicted octanol–water partition coefficient (Wildman–Crippen LogP) is 3.24. The number of nitrogens with two attached hydrogens (primary N) is 1. The fourth-order valence-electron chi connectivity index (χ4n) is 3.76. The van der Waals surface area contributed by atoms with Gasteiger partial charge in [-0.05, 0) is 48.7 Å². The Labute approximate surface area is 168 Å². The molecule has 0 spiro atoms. The first-order valence-corrected chi connectivity index (χ1v) is 9.62. The first-order valence-electron chi connectivity index (χ1n) is 9.62. The number of nitrogens with one attached hydrogen (secondary N) is 1. The zero-order valence-corrected chi connectivity index (χ0v) is 15.9. The lowest BCUT2D eigenvalue weighted by molar-refractivity contribution is -0.117. The van der Waals surface area contributed by atoms with Crippen LogP contribution < -0.4 is 11.1 Å². The lowest BCUT2D eigenvalue weighted by Gasteiger charge is -2.41. The number of aromatic nitrogens is 3. The second-order valence-corrected chi connectivity index (χ2v) is 7.47. The number of carbonyl (C=O) groups is 1. The Morgan fingerprint density at radius 3 is 2.66 bits per heavy atom. The molecule has 2 aromatic heterocycles. The Kier molecular flexibility index (Phi) is 5.20. The van der Waals surface area contributed by atoms with Gasteiger partial charge in [-0.2, -0.15) is 0 Å². The average Bonchev–Trinajstić information content (AvgIpc) is 2.68. The maximum Gasteiger partial charge on any atom is 0.221 e. The summed E-state index contributed by atoms with van der Waals surface area (Å²) in [4.78, 5) is 15.4. The number of nitrogens with zero attached hydrogens (tertiary/aromatic N) is 3. The molecule has 0 saturated heterocycles. The van der Waals surface area contributed by atoms with Gasteiger partial charge in [0, 0.05) is 23.7 Å². The molecule has 1 saturated carbocycles. The van der Waals surface area contributed by atoms with Gasteiger partial charge in [0.05, 0.1) is 17.8 Å². The van der Waals surface area contributed by atoms with Crippen LogP contribution >= 0.6 is 0 Å². The third-order valence-electron chi connectivity index (χ3n) is 5.45. The molecule has 1 aliphatic carbocycles. The van der Waals surface area contributed by atoms with Gasteiger partial charge in [-0.1, -0.05) is 24.6 Å². The molecule has 1 aliphatic rings. The predicted molar refractivity (Wildman–Crippen MR) is 109 cm³/mol. The highest BCUT2D eigenvalue weighted by Crippen LogP contribution is 2.43. The van der Waals surface area contributed by atoms with E-state index in [-0.39, 0.29) is 23.6 Å². The summed E-state index contributed by atoms with van der Waals surface area (Å²) in [7, 11) is 0. The van der Waals surface area contributed by atoms with Crippen molar-refractivity contribution < 1.29 is 9.18 Å². The van der Waals surface area contributed by atoms with E-state index >= 15 is 0 Å². The molecule has 1 aromatic carbocycles. The molecule has 4 rings (SSSR count). The summed E-state index contributed by atoms with van der Waals surface area (Å²) in [6.07, 6.45) is 4.68. The highest BCUT2D eigenvalue weighted by atomic mass is 19.1. The molecule has 148 valence electrons. The van der Waals surface area contributed by atoms with Crippen molar-refractivity contribution in [1.29, 1.82) is 0 Å². The first-order chi connectivity index (χ1) is 14.1. The van der Waals surface area contributed by atoms with E-state index in [4.69, 9.17) is 5.73 Å². The van der Waals surface area contributed by atoms with Gasteiger partial charge >= 0.3 is 0 Å². The minimum Gasteiger partial charge on any atom is -0.369 e. The van der Waals surface area contributed by atoms with Gasteiger partial charge < -0.3 is 11.1 Å². The van der Waals surface area contributed by atoms with Gasteiger partial charge in [0.2, 0.25) is 5.91 Å². The van der Waals surface area contributed by atoms with Gasteiger partial charge in [-0.3, -0.25) is 9.78 Å². The molecule has 0 radical (unpaired) electrons. The van der Waals surface area contributed by atoms with E-state index in [1.165, 1.54) is 6.07 Å². The summed E-state index contributed by atoms with van der Waals surface area (Å²) < 4.78 is 14.2. The maximum atomic E-state index is 14.2. The summed E-state index contributed by atoms with van der Waals surface area (Å²) in [5.74, 6) is -0.00187. The molecule has 1 fully saturated rings. The van der Waals surface area contributed by atoms with Crippen LogP contribution in [0.1, 0.15) is 30.5 Å². The normalized spacial score (nSPS) is 14.8. The molecule has 2 heterocycles. The summed E-state index contributed by atoms with van der Waals surface area (Å²) in [5, 5.41) is 11.8. The molecule has 0 unspecified atom stereocenters. The fraction of sp³-hybridized carbons (Fsp3) is 0.273. The Morgan fingerprint density at radius 1 is 1.14 bits per heavy atom. The van der Waals surface area contributed by atoms with E-state index in [1.807, 2.05) is 36.4 Å². The zero-order valence-electron chi connectivity index (χ0n) is 15.9. The number of pyridine rings is 1. The van der Waals surface area contributed by atoms with Crippen molar-refractivity contribution in [1.82, 2.24) is 15.2 Å². The van der Waals surface area contributed by atoms with Crippen molar-refractivity contribution in [3.05, 3.63) is 71.8 Å². The lowest BCUT2D eigenvalue weighted by Crippen LogP contribution is -2.42. The Morgan fingerprint density at radius 2 is 2.00 bits per heavy atom. The molecular weight excluding hydrogens is 369 g/mol. The largest absolute Gasteiger partial charge is 0.369 e. The van der Waals surface area contributed by atoms with E-state index in [2.05, 4.69) is 20.5 Å². The minimum absolute atomic E-state index is 0.188. The van der Waals surface area contributed by atoms with E-state index < -0.39 is 0 Å². The molecule has 6 nitrogen and oxygen atoms in total. The van der Waals surface area contributed by atoms with Crippen molar-refractivity contribution >= 4 is 11.7 Å². The van der Waals surface area contributed by atoms with E-state index in [1.54, 1.807) is 12.3 Å². The molecule has 29 heavy (non-hydrogen) atoms. The Bertz CT molecular complexity index is 1020. The number of benzene rings is 1. The van der Waals surface area contributed by atoms with Gasteiger partial charge in [-0.15, -0.1) is 10.2 Å². The van der Waals surface area contributed by atoms with Crippen LogP contribution in [0.5, 0.6) is 0 Å². The van der Waals surface area contributed by atoms with E-state index in [0.29, 0.717) is 23.8 Å². The molecule has 0 atom stereocenters. The van der Waals surface area contributed by atoms with Gasteiger partial charge in [-0.25, -0.2) is 4.39 Å². The molecule has 0 bridgehead atoms. The molecular formula is C22H22FN5O. The van der Waals surface area contributed by atoms with Crippen LogP contribution in [0.3, 0.4) is 0 Å². The minimum atomic E-state index is -0.373. The molecule has 3 N–H and O–H groups in total. The van der Waals surface area contributed by atoms with Crippen LogP contribution in [0, 0.1) is 5.82 Å². The highest BCUT2D eigenvalue weighted by Gasteiger charge is 2.41. The van der Waals surface area contributed by atoms with Crippen LogP contribution in [0.4, 0.5) is 10.2 Å². The third kappa shape index (κ3) is 4.08. The van der Waals surface area contributed by atoms with Crippen LogP contribution in [-0.4, -0.2) is 27.6 Å². The number of anilines is 1. The maximum absolute atomic E-state index is 14.2. The van der Waals surface area contributed by atoms with Crippen LogP contribution in [-0.2, 0) is 16.6 Å². The van der Waals surface area contributed by atoms with Crippen molar-refractivity contribution in [3.8, 4) is 11.3 Å². The Balaban J connectivity index is 1.46. The van der Waals surface area contributed by atoms with Crippen LogP contribution in [0.25, 0.3) is 11.3 Å². The van der Waals surface area contributed by atoms with Crippen molar-refractivity contribution in [3.63, 3.8) is 0 Å². The zero-order chi connectivity index (χ0) is 20.3. The summed E-state index contributed by atoms with van der Waals surface area (Å²) in [6, 6.07) is 14.3. The van der Waals surface area contributed by atoms with E-state index in [0.717, 1.165) is 30.4 Å². The number of primary amides is 1. The monoisotopic (exact) mass is 391 g/mol. The van der Waals surface area contributed by atoms with Gasteiger partial charge in [0.15, 0.2) is 0 Å². The standard InChI is InChI=1S/C22H22FN5O/c23-17-6-2-11-25-21(17)22(9-3-10-22)14-26-20-8-7-18(27-28-20)16-5-1-4-15(12-16)13-19(24)29/h1-2,4-8,11-12H,3,9-10,13-14H2,(H2,24,29)(H,26,28). The van der Waals surface area contributed by atoms with Crippen LogP contribution in [0.15, 0.2) is 54.7 Å². The molecule has 1 amide bonds. The quantitative estimate of drug-likeness (QED) is 0.645.